The molecule has 4 heteroatoms. The quantitative estimate of drug-likeness (QED) is 0.854. The van der Waals surface area contributed by atoms with E-state index in [1.165, 1.54) is 11.1 Å². The summed E-state index contributed by atoms with van der Waals surface area (Å²) in [5, 5.41) is 0. The first-order valence-corrected chi connectivity index (χ1v) is 8.66. The van der Waals surface area contributed by atoms with Crippen molar-refractivity contribution in [3.8, 4) is 0 Å². The van der Waals surface area contributed by atoms with Gasteiger partial charge in [0.25, 0.3) is 0 Å². The molecule has 1 aromatic carbocycles. The molecule has 122 valence electrons. The van der Waals surface area contributed by atoms with Gasteiger partial charge in [-0.1, -0.05) is 24.3 Å². The first kappa shape index (κ1) is 14.2. The van der Waals surface area contributed by atoms with Crippen molar-refractivity contribution in [2.75, 3.05) is 13.1 Å². The van der Waals surface area contributed by atoms with Crippen molar-refractivity contribution < 1.29 is 9.53 Å². The summed E-state index contributed by atoms with van der Waals surface area (Å²) in [5.41, 5.74) is 3.04. The normalized spacial score (nSPS) is 26.6. The predicted octanol–water partition coefficient (Wildman–Crippen LogP) is 2.77. The van der Waals surface area contributed by atoms with Gasteiger partial charge in [-0.2, -0.15) is 0 Å². The lowest BCUT2D eigenvalue weighted by Crippen LogP contribution is -2.40. The van der Waals surface area contributed by atoms with Gasteiger partial charge in [0, 0.05) is 18.9 Å². The molecule has 4 nitrogen and oxygen atoms in total. The third kappa shape index (κ3) is 1.89. The van der Waals surface area contributed by atoms with Crippen LogP contribution in [0, 0.1) is 0 Å². The molecule has 0 N–H and O–H groups in total. The smallest absolute Gasteiger partial charge is 0.233 e. The number of fused-ring (bicyclic) bond motifs is 2. The van der Waals surface area contributed by atoms with Gasteiger partial charge in [0.05, 0.1) is 18.6 Å². The maximum absolute atomic E-state index is 13.2. The maximum Gasteiger partial charge on any atom is 0.233 e. The number of carbonyl (C=O) groups is 1. The number of hydrogen-bond donors (Lipinski definition) is 0. The average molecular weight is 320 g/mol. The highest BCUT2D eigenvalue weighted by atomic mass is 16.5. The molecule has 1 saturated carbocycles. The molecule has 1 aliphatic carbocycles. The van der Waals surface area contributed by atoms with E-state index in [0.717, 1.165) is 31.4 Å². The number of rotatable bonds is 2. The summed E-state index contributed by atoms with van der Waals surface area (Å²) in [6.07, 6.45) is 6.34. The molecule has 0 radical (unpaired) electrons. The number of pyridine rings is 1. The Hall–Kier alpha value is -2.20. The number of ether oxygens (including phenoxy) is 1. The van der Waals surface area contributed by atoms with Crippen molar-refractivity contribution in [1.82, 2.24) is 9.88 Å². The summed E-state index contributed by atoms with van der Waals surface area (Å²) in [6.45, 7) is 2.11. The van der Waals surface area contributed by atoms with Gasteiger partial charge in [-0.25, -0.2) is 0 Å². The molecule has 2 aliphatic heterocycles. The van der Waals surface area contributed by atoms with E-state index in [1.807, 2.05) is 17.0 Å². The number of aromatic nitrogens is 1. The van der Waals surface area contributed by atoms with E-state index < -0.39 is 0 Å². The molecule has 3 heterocycles. The molecule has 2 fully saturated rings. The van der Waals surface area contributed by atoms with E-state index in [9.17, 15) is 4.79 Å². The molecule has 24 heavy (non-hydrogen) atoms. The van der Waals surface area contributed by atoms with Crippen molar-refractivity contribution in [2.45, 2.75) is 36.9 Å². The highest BCUT2D eigenvalue weighted by Crippen LogP contribution is 2.51. The zero-order valence-electron chi connectivity index (χ0n) is 13.6. The fourth-order valence-corrected chi connectivity index (χ4v) is 4.40. The number of carbonyl (C=O) groups excluding carboxylic acids is 1. The van der Waals surface area contributed by atoms with Crippen LogP contribution in [0.4, 0.5) is 0 Å². The van der Waals surface area contributed by atoms with Crippen LogP contribution in [0.25, 0.3) is 0 Å². The van der Waals surface area contributed by atoms with Gasteiger partial charge in [-0.3, -0.25) is 9.78 Å². The number of benzene rings is 1. The minimum absolute atomic E-state index is 0.263. The van der Waals surface area contributed by atoms with Crippen LogP contribution in [0.3, 0.4) is 0 Å². The first-order chi connectivity index (χ1) is 11.7. The zero-order chi connectivity index (χ0) is 16.2. The van der Waals surface area contributed by atoms with Crippen LogP contribution < -0.4 is 0 Å². The van der Waals surface area contributed by atoms with Crippen molar-refractivity contribution in [2.24, 2.45) is 0 Å². The minimum Gasteiger partial charge on any atom is -0.364 e. The Balaban J connectivity index is 1.42. The Morgan fingerprint density at radius 2 is 1.88 bits per heavy atom. The molecular weight excluding hydrogens is 300 g/mol. The molecule has 0 unspecified atom stereocenters. The minimum atomic E-state index is -0.313. The fraction of sp³-hybridized carbons (Fsp3) is 0.400. The predicted molar refractivity (Wildman–Crippen MR) is 89.3 cm³/mol. The highest BCUT2D eigenvalue weighted by molar-refractivity contribution is 5.91. The van der Waals surface area contributed by atoms with Crippen molar-refractivity contribution >= 4 is 5.91 Å². The summed E-state index contributed by atoms with van der Waals surface area (Å²) in [7, 11) is 0. The lowest BCUT2D eigenvalue weighted by atomic mass is 9.91. The molecule has 1 atom stereocenters. The third-order valence-corrected chi connectivity index (χ3v) is 5.92. The number of amides is 1. The second kappa shape index (κ2) is 4.90. The van der Waals surface area contributed by atoms with Gasteiger partial charge in [-0.05, 0) is 48.1 Å². The topological polar surface area (TPSA) is 42.4 Å². The van der Waals surface area contributed by atoms with E-state index in [0.29, 0.717) is 13.2 Å². The van der Waals surface area contributed by atoms with Crippen LogP contribution in [0.5, 0.6) is 0 Å². The lowest BCUT2D eigenvalue weighted by molar-refractivity contribution is -0.134. The van der Waals surface area contributed by atoms with Gasteiger partial charge in [0.1, 0.15) is 5.60 Å². The van der Waals surface area contributed by atoms with E-state index in [4.69, 9.17) is 4.74 Å². The Bertz CT molecular complexity index is 800. The summed E-state index contributed by atoms with van der Waals surface area (Å²) in [4.78, 5) is 19.3. The van der Waals surface area contributed by atoms with Gasteiger partial charge < -0.3 is 9.64 Å². The molecule has 3 aliphatic rings. The second-order valence-corrected chi connectivity index (χ2v) is 7.23. The average Bonchev–Trinajstić information content (AvgIpc) is 3.23. The van der Waals surface area contributed by atoms with Gasteiger partial charge in [-0.15, -0.1) is 0 Å². The van der Waals surface area contributed by atoms with E-state index >= 15 is 0 Å². The van der Waals surface area contributed by atoms with Gasteiger partial charge >= 0.3 is 0 Å². The van der Waals surface area contributed by atoms with Crippen molar-refractivity contribution in [3.63, 3.8) is 0 Å². The van der Waals surface area contributed by atoms with Crippen LogP contribution in [0.1, 0.15) is 36.0 Å². The zero-order valence-corrected chi connectivity index (χ0v) is 13.6. The molecule has 1 aromatic heterocycles. The summed E-state index contributed by atoms with van der Waals surface area (Å²) < 4.78 is 6.19. The highest BCUT2D eigenvalue weighted by Gasteiger charge is 2.56. The second-order valence-electron chi connectivity index (χ2n) is 7.23. The fourth-order valence-electron chi connectivity index (χ4n) is 4.40. The SMILES string of the molecule is O=C(N1CC[C@@]2(C1)OCc1ccccc12)C1(c2ccncc2)CC1. The number of hydrogen-bond acceptors (Lipinski definition) is 3. The third-order valence-electron chi connectivity index (χ3n) is 5.92. The van der Waals surface area contributed by atoms with E-state index in [1.54, 1.807) is 12.4 Å². The molecule has 1 amide bonds. The lowest BCUT2D eigenvalue weighted by Gasteiger charge is -2.27. The van der Waals surface area contributed by atoms with E-state index in [2.05, 4.69) is 29.2 Å². The van der Waals surface area contributed by atoms with Gasteiger partial charge in [0.2, 0.25) is 5.91 Å². The monoisotopic (exact) mass is 320 g/mol. The standard InChI is InChI=1S/C20H20N2O2/c23-18(19(7-8-19)16-5-10-21-11-6-16)22-12-9-20(14-22)17-4-2-1-3-15(17)13-24-20/h1-6,10-11H,7-9,12-14H2/t20-/m0/s1. The molecule has 2 aromatic rings. The molecule has 1 saturated heterocycles. The summed E-state index contributed by atoms with van der Waals surface area (Å²) >= 11 is 0. The van der Waals surface area contributed by atoms with Crippen LogP contribution in [-0.2, 0) is 27.2 Å². The maximum atomic E-state index is 13.2. The largest absolute Gasteiger partial charge is 0.364 e. The summed E-state index contributed by atoms with van der Waals surface area (Å²) in [5.74, 6) is 0.263. The Labute approximate surface area is 141 Å². The Morgan fingerprint density at radius 3 is 2.67 bits per heavy atom. The van der Waals surface area contributed by atoms with Crippen LogP contribution in [0.2, 0.25) is 0 Å². The molecular formula is C20H20N2O2. The molecule has 0 bridgehead atoms. The number of nitrogens with zero attached hydrogens (tertiary/aromatic N) is 2. The van der Waals surface area contributed by atoms with E-state index in [-0.39, 0.29) is 16.9 Å². The van der Waals surface area contributed by atoms with Crippen LogP contribution >= 0.6 is 0 Å². The first-order valence-electron chi connectivity index (χ1n) is 8.66. The Kier molecular flexibility index (Phi) is 2.89. The number of likely N-dealkylation sites (tertiary alicyclic amines) is 1. The molecule has 1 spiro atoms. The molecule has 5 rings (SSSR count). The van der Waals surface area contributed by atoms with Crippen LogP contribution in [-0.4, -0.2) is 28.9 Å². The van der Waals surface area contributed by atoms with Crippen molar-refractivity contribution in [1.29, 1.82) is 0 Å². The summed E-state index contributed by atoms with van der Waals surface area (Å²) in [6, 6.07) is 12.4. The van der Waals surface area contributed by atoms with Crippen LogP contribution in [0.15, 0.2) is 48.8 Å². The van der Waals surface area contributed by atoms with Gasteiger partial charge in [0.15, 0.2) is 0 Å². The van der Waals surface area contributed by atoms with Crippen molar-refractivity contribution in [3.05, 3.63) is 65.5 Å². The Morgan fingerprint density at radius 1 is 1.08 bits per heavy atom.